The number of halogens is 4. The molecule has 0 saturated heterocycles. The van der Waals surface area contributed by atoms with E-state index in [-0.39, 0.29) is 11.8 Å². The minimum atomic E-state index is -5.71. The lowest BCUT2D eigenvalue weighted by Gasteiger charge is -2.12. The van der Waals surface area contributed by atoms with Gasteiger partial charge in [0, 0.05) is 0 Å². The van der Waals surface area contributed by atoms with E-state index in [1.54, 1.807) is 0 Å². The maximum absolute atomic E-state index is 12.1. The van der Waals surface area contributed by atoms with Crippen LogP contribution < -0.4 is 8.92 Å². The molecule has 0 fully saturated rings. The molecule has 0 spiro atoms. The Kier molecular flexibility index (Phi) is 4.10. The molecule has 0 unspecified atom stereocenters. The van der Waals surface area contributed by atoms with Gasteiger partial charge >= 0.3 is 15.6 Å². The number of ether oxygens (including phenoxy) is 1. The Morgan fingerprint density at radius 1 is 1.18 bits per heavy atom. The summed E-state index contributed by atoms with van der Waals surface area (Å²) in [5.74, 6) is -0.777. The van der Waals surface area contributed by atoms with Gasteiger partial charge in [-0.2, -0.15) is 21.6 Å². The second-order valence-corrected chi connectivity index (χ2v) is 4.44. The molecule has 1 aromatic carbocycles. The maximum Gasteiger partial charge on any atom is 0.534 e. The van der Waals surface area contributed by atoms with Crippen molar-refractivity contribution in [2.75, 3.05) is 6.07 Å². The van der Waals surface area contributed by atoms with Gasteiger partial charge in [-0.15, -0.1) is 0 Å². The summed E-state index contributed by atoms with van der Waals surface area (Å²) in [4.78, 5) is 0. The highest BCUT2D eigenvalue weighted by Gasteiger charge is 2.48. The zero-order valence-electron chi connectivity index (χ0n) is 8.07. The summed E-state index contributed by atoms with van der Waals surface area (Å²) < 4.78 is 66.3. The van der Waals surface area contributed by atoms with E-state index in [0.29, 0.717) is 0 Å². The van der Waals surface area contributed by atoms with Crippen LogP contribution in [0.4, 0.5) is 13.2 Å². The Hall–Kier alpha value is -1.15. The summed E-state index contributed by atoms with van der Waals surface area (Å²) in [6.07, 6.45) is 0. The molecule has 9 heteroatoms. The van der Waals surface area contributed by atoms with Gasteiger partial charge in [0.1, 0.15) is 0 Å². The average molecular weight is 291 g/mol. The van der Waals surface area contributed by atoms with E-state index in [4.69, 9.17) is 16.3 Å². The number of hydrogen-bond donors (Lipinski definition) is 0. The number of alkyl halides is 4. The lowest BCUT2D eigenvalue weighted by atomic mass is 10.3. The SMILES string of the molecule is O=S(=O)(Oc1ccccc1OCCl)C(F)(F)F. The smallest absolute Gasteiger partial charge is 0.474 e. The van der Waals surface area contributed by atoms with E-state index < -0.39 is 21.4 Å². The summed E-state index contributed by atoms with van der Waals surface area (Å²) >= 11 is 5.22. The normalized spacial score (nSPS) is 12.2. The van der Waals surface area contributed by atoms with Crippen LogP contribution in [-0.4, -0.2) is 20.0 Å². The van der Waals surface area contributed by atoms with Crippen molar-refractivity contribution in [1.82, 2.24) is 0 Å². The maximum atomic E-state index is 12.1. The summed E-state index contributed by atoms with van der Waals surface area (Å²) in [7, 11) is -5.71. The molecule has 17 heavy (non-hydrogen) atoms. The highest BCUT2D eigenvalue weighted by Crippen LogP contribution is 2.32. The van der Waals surface area contributed by atoms with Crippen molar-refractivity contribution in [3.05, 3.63) is 24.3 Å². The first-order chi connectivity index (χ1) is 7.78. The summed E-state index contributed by atoms with van der Waals surface area (Å²) in [6, 6.07) is 4.61. The molecule has 0 aliphatic rings. The Labute approximate surface area is 100 Å². The fourth-order valence-corrected chi connectivity index (χ4v) is 1.45. The van der Waals surface area contributed by atoms with E-state index >= 15 is 0 Å². The van der Waals surface area contributed by atoms with Crippen LogP contribution in [0.15, 0.2) is 24.3 Å². The third-order valence-corrected chi connectivity index (χ3v) is 2.62. The Bertz CT molecular complexity index is 486. The minimum Gasteiger partial charge on any atom is -0.474 e. The van der Waals surface area contributed by atoms with Crippen molar-refractivity contribution in [3.8, 4) is 11.5 Å². The topological polar surface area (TPSA) is 52.6 Å². The van der Waals surface area contributed by atoms with Crippen molar-refractivity contribution in [2.45, 2.75) is 5.51 Å². The number of hydrogen-bond acceptors (Lipinski definition) is 4. The molecule has 0 radical (unpaired) electrons. The molecule has 0 bridgehead atoms. The summed E-state index contributed by atoms with van der Waals surface area (Å²) in [5.41, 5.74) is -5.50. The molecule has 0 aliphatic heterocycles. The Balaban J connectivity index is 3.04. The molecule has 0 amide bonds. The second kappa shape index (κ2) is 5.01. The van der Waals surface area contributed by atoms with E-state index in [9.17, 15) is 21.6 Å². The highest BCUT2D eigenvalue weighted by molar-refractivity contribution is 7.88. The quantitative estimate of drug-likeness (QED) is 0.486. The first kappa shape index (κ1) is 13.9. The molecule has 0 saturated carbocycles. The lowest BCUT2D eigenvalue weighted by molar-refractivity contribution is -0.0500. The van der Waals surface area contributed by atoms with Crippen LogP contribution >= 0.6 is 11.6 Å². The van der Waals surface area contributed by atoms with Gasteiger partial charge in [0.05, 0.1) is 0 Å². The molecule has 0 heterocycles. The monoisotopic (exact) mass is 290 g/mol. The fraction of sp³-hybridized carbons (Fsp3) is 0.250. The first-order valence-electron chi connectivity index (χ1n) is 4.06. The number of rotatable bonds is 4. The van der Waals surface area contributed by atoms with Crippen LogP contribution in [0.25, 0.3) is 0 Å². The van der Waals surface area contributed by atoms with Crippen molar-refractivity contribution >= 4 is 21.7 Å². The van der Waals surface area contributed by atoms with Gasteiger partial charge in [0.15, 0.2) is 17.6 Å². The van der Waals surface area contributed by atoms with Gasteiger partial charge < -0.3 is 8.92 Å². The van der Waals surface area contributed by atoms with Crippen molar-refractivity contribution < 1.29 is 30.5 Å². The molecule has 0 aliphatic carbocycles. The zero-order chi connectivity index (χ0) is 13.1. The third-order valence-electron chi connectivity index (χ3n) is 1.54. The van der Waals surface area contributed by atoms with E-state index in [1.807, 2.05) is 0 Å². The van der Waals surface area contributed by atoms with Crippen molar-refractivity contribution in [2.24, 2.45) is 0 Å². The van der Waals surface area contributed by atoms with E-state index in [1.165, 1.54) is 18.2 Å². The van der Waals surface area contributed by atoms with E-state index in [2.05, 4.69) is 4.18 Å². The molecule has 1 aromatic rings. The van der Waals surface area contributed by atoms with Crippen LogP contribution in [-0.2, 0) is 10.1 Å². The molecule has 96 valence electrons. The largest absolute Gasteiger partial charge is 0.534 e. The zero-order valence-corrected chi connectivity index (χ0v) is 9.64. The third kappa shape index (κ3) is 3.40. The lowest BCUT2D eigenvalue weighted by Crippen LogP contribution is -2.28. The Morgan fingerprint density at radius 2 is 1.71 bits per heavy atom. The average Bonchev–Trinajstić information content (AvgIpc) is 2.19. The van der Waals surface area contributed by atoms with E-state index in [0.717, 1.165) is 6.07 Å². The molecular formula is C8H6ClF3O4S. The molecule has 0 aromatic heterocycles. The Morgan fingerprint density at radius 3 is 2.18 bits per heavy atom. The molecule has 1 rings (SSSR count). The van der Waals surface area contributed by atoms with Crippen molar-refractivity contribution in [1.29, 1.82) is 0 Å². The van der Waals surface area contributed by atoms with Gasteiger partial charge in [-0.05, 0) is 12.1 Å². The molecular weight excluding hydrogens is 285 g/mol. The van der Waals surface area contributed by atoms with Gasteiger partial charge in [0.2, 0.25) is 0 Å². The van der Waals surface area contributed by atoms with Gasteiger partial charge in [-0.25, -0.2) is 0 Å². The van der Waals surface area contributed by atoms with Gasteiger partial charge in [0.25, 0.3) is 0 Å². The number of benzene rings is 1. The van der Waals surface area contributed by atoms with Crippen LogP contribution in [0.2, 0.25) is 0 Å². The predicted molar refractivity (Wildman–Crippen MR) is 53.4 cm³/mol. The highest BCUT2D eigenvalue weighted by atomic mass is 35.5. The van der Waals surface area contributed by atoms with Crippen molar-refractivity contribution in [3.63, 3.8) is 0 Å². The number of para-hydroxylation sites is 2. The second-order valence-electron chi connectivity index (χ2n) is 2.68. The molecule has 4 nitrogen and oxygen atoms in total. The minimum absolute atomic E-state index is 0.199. The fourth-order valence-electron chi connectivity index (χ4n) is 0.862. The van der Waals surface area contributed by atoms with Crippen LogP contribution in [0.3, 0.4) is 0 Å². The van der Waals surface area contributed by atoms with Crippen LogP contribution in [0, 0.1) is 0 Å². The van der Waals surface area contributed by atoms with Gasteiger partial charge in [-0.3, -0.25) is 0 Å². The summed E-state index contributed by atoms with van der Waals surface area (Å²) in [6.45, 7) is 0. The van der Waals surface area contributed by atoms with Gasteiger partial charge in [-0.1, -0.05) is 23.7 Å². The predicted octanol–water partition coefficient (Wildman–Crippen LogP) is 2.49. The van der Waals surface area contributed by atoms with Crippen LogP contribution in [0.1, 0.15) is 0 Å². The summed E-state index contributed by atoms with van der Waals surface area (Å²) in [5, 5.41) is 0. The van der Waals surface area contributed by atoms with Crippen LogP contribution in [0.5, 0.6) is 11.5 Å². The first-order valence-corrected chi connectivity index (χ1v) is 6.01. The molecule has 0 N–H and O–H groups in total. The standard InChI is InChI=1S/C8H6ClF3O4S/c9-5-15-6-3-1-2-4-7(6)16-17(13,14)8(10,11)12/h1-4H,5H2. The molecule has 0 atom stereocenters.